The summed E-state index contributed by atoms with van der Waals surface area (Å²) in [7, 11) is 0. The van der Waals surface area contributed by atoms with Gasteiger partial charge in [0.25, 0.3) is 0 Å². The summed E-state index contributed by atoms with van der Waals surface area (Å²) in [5, 5.41) is 6.50. The van der Waals surface area contributed by atoms with Gasteiger partial charge in [-0.25, -0.2) is 0 Å². The highest BCUT2D eigenvalue weighted by Crippen LogP contribution is 2.38. The molecule has 0 atom stereocenters. The average molecular weight is 229 g/mol. The van der Waals surface area contributed by atoms with Gasteiger partial charge in [-0.1, -0.05) is 16.8 Å². The van der Waals surface area contributed by atoms with Crippen LogP contribution in [0.5, 0.6) is 0 Å². The summed E-state index contributed by atoms with van der Waals surface area (Å²) in [6.45, 7) is 1.98. The first kappa shape index (κ1) is 9.89. The number of nitrogen functional groups attached to an aromatic ring is 1. The van der Waals surface area contributed by atoms with E-state index >= 15 is 0 Å². The van der Waals surface area contributed by atoms with Gasteiger partial charge in [0, 0.05) is 5.56 Å². The van der Waals surface area contributed by atoms with Gasteiger partial charge in [-0.2, -0.15) is 0 Å². The topological polar surface area (TPSA) is 81.2 Å². The summed E-state index contributed by atoms with van der Waals surface area (Å²) in [5.74, 6) is 0.265. The maximum Gasteiger partial charge on any atom is 0.230 e. The fourth-order valence-electron chi connectivity index (χ4n) is 2.17. The SMILES string of the molecule is Cc1cc2c(c(-c3cnoc3N)c1)NC(=O)C2. The van der Waals surface area contributed by atoms with E-state index in [-0.39, 0.29) is 11.8 Å². The van der Waals surface area contributed by atoms with E-state index in [0.717, 1.165) is 22.4 Å². The van der Waals surface area contributed by atoms with Crippen molar-refractivity contribution >= 4 is 17.5 Å². The molecule has 0 saturated carbocycles. The highest BCUT2D eigenvalue weighted by molar-refractivity contribution is 6.04. The molecule has 3 N–H and O–H groups in total. The van der Waals surface area contributed by atoms with E-state index in [4.69, 9.17) is 10.3 Å². The van der Waals surface area contributed by atoms with E-state index in [0.29, 0.717) is 12.0 Å². The predicted octanol–water partition coefficient (Wildman–Crippen LogP) is 1.73. The van der Waals surface area contributed by atoms with Crippen molar-refractivity contribution in [3.8, 4) is 11.1 Å². The van der Waals surface area contributed by atoms with Crippen molar-refractivity contribution in [3.63, 3.8) is 0 Å². The van der Waals surface area contributed by atoms with E-state index in [2.05, 4.69) is 10.5 Å². The van der Waals surface area contributed by atoms with E-state index < -0.39 is 0 Å². The molecule has 2 aromatic rings. The Hall–Kier alpha value is -2.30. The molecule has 0 unspecified atom stereocenters. The van der Waals surface area contributed by atoms with Crippen molar-refractivity contribution in [2.24, 2.45) is 0 Å². The summed E-state index contributed by atoms with van der Waals surface area (Å²) < 4.78 is 4.86. The second-order valence-electron chi connectivity index (χ2n) is 4.18. The molecule has 0 bridgehead atoms. The fraction of sp³-hybridized carbons (Fsp3) is 0.167. The number of anilines is 2. The third-order valence-corrected chi connectivity index (χ3v) is 2.87. The molecule has 0 fully saturated rings. The molecule has 1 amide bonds. The number of hydrogen-bond acceptors (Lipinski definition) is 4. The molecule has 1 aliphatic heterocycles. The van der Waals surface area contributed by atoms with Crippen molar-refractivity contribution in [1.29, 1.82) is 0 Å². The monoisotopic (exact) mass is 229 g/mol. The molecule has 3 rings (SSSR count). The first-order chi connectivity index (χ1) is 8.15. The van der Waals surface area contributed by atoms with Crippen LogP contribution in [0.4, 0.5) is 11.6 Å². The second-order valence-corrected chi connectivity index (χ2v) is 4.18. The Balaban J connectivity index is 2.25. The van der Waals surface area contributed by atoms with Gasteiger partial charge in [0.2, 0.25) is 11.8 Å². The Morgan fingerprint density at radius 2 is 2.24 bits per heavy atom. The van der Waals surface area contributed by atoms with Crippen LogP contribution in [0.2, 0.25) is 0 Å². The van der Waals surface area contributed by atoms with Crippen LogP contribution in [0.15, 0.2) is 22.9 Å². The molecule has 1 aromatic heterocycles. The van der Waals surface area contributed by atoms with Gasteiger partial charge in [0.1, 0.15) is 0 Å². The third-order valence-electron chi connectivity index (χ3n) is 2.87. The minimum atomic E-state index is 0.00174. The van der Waals surface area contributed by atoms with Crippen LogP contribution in [-0.4, -0.2) is 11.1 Å². The number of rotatable bonds is 1. The highest BCUT2D eigenvalue weighted by atomic mass is 16.5. The standard InChI is InChI=1S/C12H11N3O2/c1-6-2-7-4-10(16)15-11(7)8(3-6)9-5-14-17-12(9)13/h2-3,5H,4,13H2,1H3,(H,15,16). The van der Waals surface area contributed by atoms with Crippen LogP contribution >= 0.6 is 0 Å². The van der Waals surface area contributed by atoms with E-state index in [9.17, 15) is 4.79 Å². The zero-order chi connectivity index (χ0) is 12.0. The van der Waals surface area contributed by atoms with Crippen LogP contribution < -0.4 is 11.1 Å². The highest BCUT2D eigenvalue weighted by Gasteiger charge is 2.23. The molecule has 1 aliphatic rings. The number of nitrogens with two attached hydrogens (primary N) is 1. The summed E-state index contributed by atoms with van der Waals surface area (Å²) in [6.07, 6.45) is 1.98. The van der Waals surface area contributed by atoms with Crippen molar-refractivity contribution in [2.45, 2.75) is 13.3 Å². The van der Waals surface area contributed by atoms with Crippen molar-refractivity contribution in [1.82, 2.24) is 5.16 Å². The molecular weight excluding hydrogens is 218 g/mol. The maximum absolute atomic E-state index is 11.4. The van der Waals surface area contributed by atoms with Crippen LogP contribution in [0.1, 0.15) is 11.1 Å². The predicted molar refractivity (Wildman–Crippen MR) is 63.4 cm³/mol. The zero-order valence-electron chi connectivity index (χ0n) is 9.28. The summed E-state index contributed by atoms with van der Waals surface area (Å²) >= 11 is 0. The van der Waals surface area contributed by atoms with Gasteiger partial charge < -0.3 is 15.6 Å². The number of nitrogens with one attached hydrogen (secondary N) is 1. The zero-order valence-corrected chi connectivity index (χ0v) is 9.28. The lowest BCUT2D eigenvalue weighted by Crippen LogP contribution is -2.04. The lowest BCUT2D eigenvalue weighted by molar-refractivity contribution is -0.115. The van der Waals surface area contributed by atoms with Gasteiger partial charge in [0.15, 0.2) is 0 Å². The number of nitrogens with zero attached hydrogens (tertiary/aromatic N) is 1. The van der Waals surface area contributed by atoms with Gasteiger partial charge >= 0.3 is 0 Å². The Labute approximate surface area is 97.6 Å². The third kappa shape index (κ3) is 1.47. The molecule has 0 saturated heterocycles. The molecule has 0 radical (unpaired) electrons. The molecule has 5 nitrogen and oxygen atoms in total. The Bertz CT molecular complexity index is 616. The van der Waals surface area contributed by atoms with Crippen molar-refractivity contribution in [2.75, 3.05) is 11.1 Å². The second kappa shape index (κ2) is 3.35. The van der Waals surface area contributed by atoms with Gasteiger partial charge in [-0.3, -0.25) is 4.79 Å². The quantitative estimate of drug-likeness (QED) is 0.780. The molecular formula is C12H11N3O2. The van der Waals surface area contributed by atoms with E-state index in [1.807, 2.05) is 19.1 Å². The fourth-order valence-corrected chi connectivity index (χ4v) is 2.17. The molecule has 17 heavy (non-hydrogen) atoms. The molecule has 1 aromatic carbocycles. The van der Waals surface area contributed by atoms with Crippen molar-refractivity contribution < 1.29 is 9.32 Å². The van der Waals surface area contributed by atoms with E-state index in [1.165, 1.54) is 0 Å². The van der Waals surface area contributed by atoms with Gasteiger partial charge in [0.05, 0.1) is 23.9 Å². The summed E-state index contributed by atoms with van der Waals surface area (Å²) in [4.78, 5) is 11.4. The molecule has 2 heterocycles. The van der Waals surface area contributed by atoms with Crippen LogP contribution in [-0.2, 0) is 11.2 Å². The van der Waals surface area contributed by atoms with Crippen LogP contribution in [0, 0.1) is 6.92 Å². The number of benzene rings is 1. The smallest absolute Gasteiger partial charge is 0.230 e. The average Bonchev–Trinajstić information content (AvgIpc) is 2.82. The molecule has 86 valence electrons. The normalized spacial score (nSPS) is 13.6. The number of carbonyl (C=O) groups excluding carboxylic acids is 1. The van der Waals surface area contributed by atoms with Gasteiger partial charge in [-0.05, 0) is 18.6 Å². The number of hydrogen-bond donors (Lipinski definition) is 2. The lowest BCUT2D eigenvalue weighted by Gasteiger charge is -2.08. The largest absolute Gasteiger partial charge is 0.367 e. The summed E-state index contributed by atoms with van der Waals surface area (Å²) in [6, 6.07) is 3.97. The molecule has 5 heteroatoms. The number of aromatic nitrogens is 1. The van der Waals surface area contributed by atoms with Crippen LogP contribution in [0.3, 0.4) is 0 Å². The Morgan fingerprint density at radius 1 is 1.41 bits per heavy atom. The molecule has 0 spiro atoms. The maximum atomic E-state index is 11.4. The minimum absolute atomic E-state index is 0.00174. The van der Waals surface area contributed by atoms with Gasteiger partial charge in [-0.15, -0.1) is 0 Å². The number of carbonyl (C=O) groups is 1. The van der Waals surface area contributed by atoms with Crippen LogP contribution in [0.25, 0.3) is 11.1 Å². The number of aryl methyl sites for hydroxylation is 1. The van der Waals surface area contributed by atoms with Crippen molar-refractivity contribution in [3.05, 3.63) is 29.5 Å². The first-order valence-corrected chi connectivity index (χ1v) is 5.29. The molecule has 0 aliphatic carbocycles. The Morgan fingerprint density at radius 3 is 2.94 bits per heavy atom. The Kier molecular flexibility index (Phi) is 1.95. The lowest BCUT2D eigenvalue weighted by atomic mass is 9.99. The number of fused-ring (bicyclic) bond motifs is 1. The van der Waals surface area contributed by atoms with E-state index in [1.54, 1.807) is 6.20 Å². The minimum Gasteiger partial charge on any atom is -0.367 e. The first-order valence-electron chi connectivity index (χ1n) is 5.29. The summed E-state index contributed by atoms with van der Waals surface area (Å²) in [5.41, 5.74) is 10.2. The number of amides is 1.